The van der Waals surface area contributed by atoms with Crippen molar-refractivity contribution in [2.75, 3.05) is 6.61 Å². The molecule has 0 spiro atoms. The van der Waals surface area contributed by atoms with Crippen LogP contribution in [-0.2, 0) is 16.1 Å². The van der Waals surface area contributed by atoms with Crippen molar-refractivity contribution in [2.45, 2.75) is 84.8 Å². The maximum absolute atomic E-state index is 13.4. The Balaban J connectivity index is 1.78. The molecular formula is C28H38N2O3. The largest absolute Gasteiger partial charge is 0.483 e. The smallest absolute Gasteiger partial charge is 0.261 e. The number of amides is 2. The first-order valence-electron chi connectivity index (χ1n) is 12.2. The molecule has 33 heavy (non-hydrogen) atoms. The van der Waals surface area contributed by atoms with E-state index in [1.54, 1.807) is 4.90 Å². The van der Waals surface area contributed by atoms with Gasteiger partial charge < -0.3 is 15.0 Å². The van der Waals surface area contributed by atoms with E-state index < -0.39 is 6.04 Å². The van der Waals surface area contributed by atoms with Crippen molar-refractivity contribution in [3.8, 4) is 5.75 Å². The molecular weight excluding hydrogens is 412 g/mol. The van der Waals surface area contributed by atoms with Crippen LogP contribution in [0.1, 0.15) is 67.7 Å². The zero-order valence-corrected chi connectivity index (χ0v) is 20.5. The van der Waals surface area contributed by atoms with Crippen LogP contribution in [0.2, 0.25) is 0 Å². The van der Waals surface area contributed by atoms with Crippen LogP contribution in [0.4, 0.5) is 0 Å². The van der Waals surface area contributed by atoms with E-state index in [4.69, 9.17) is 4.74 Å². The summed E-state index contributed by atoms with van der Waals surface area (Å²) in [6.07, 6.45) is 6.12. The predicted octanol–water partition coefficient (Wildman–Crippen LogP) is 5.25. The lowest BCUT2D eigenvalue weighted by atomic mass is 9.95. The lowest BCUT2D eigenvalue weighted by Gasteiger charge is -2.32. The van der Waals surface area contributed by atoms with Crippen LogP contribution < -0.4 is 10.1 Å². The molecule has 0 aliphatic heterocycles. The average molecular weight is 451 g/mol. The van der Waals surface area contributed by atoms with Crippen LogP contribution in [0, 0.1) is 20.8 Å². The summed E-state index contributed by atoms with van der Waals surface area (Å²) in [5.41, 5.74) is 4.21. The first-order valence-corrected chi connectivity index (χ1v) is 12.2. The fourth-order valence-electron chi connectivity index (χ4n) is 4.56. The number of rotatable bonds is 9. The van der Waals surface area contributed by atoms with E-state index in [1.807, 2.05) is 64.1 Å². The number of carbonyl (C=O) groups is 2. The number of hydrogen-bond donors (Lipinski definition) is 1. The zero-order valence-electron chi connectivity index (χ0n) is 20.5. The van der Waals surface area contributed by atoms with Crippen LogP contribution in [0.5, 0.6) is 5.75 Å². The topological polar surface area (TPSA) is 58.6 Å². The summed E-state index contributed by atoms with van der Waals surface area (Å²) in [6.45, 7) is 8.26. The lowest BCUT2D eigenvalue weighted by molar-refractivity contribution is -0.143. The van der Waals surface area contributed by atoms with Gasteiger partial charge >= 0.3 is 0 Å². The zero-order chi connectivity index (χ0) is 23.8. The molecule has 0 saturated heterocycles. The summed E-state index contributed by atoms with van der Waals surface area (Å²) in [7, 11) is 0. The second-order valence-electron chi connectivity index (χ2n) is 9.34. The average Bonchev–Trinajstić information content (AvgIpc) is 2.80. The van der Waals surface area contributed by atoms with E-state index in [1.165, 1.54) is 6.42 Å². The number of nitrogens with one attached hydrogen (secondary N) is 1. The van der Waals surface area contributed by atoms with Gasteiger partial charge in [-0.25, -0.2) is 0 Å². The second-order valence-corrected chi connectivity index (χ2v) is 9.34. The van der Waals surface area contributed by atoms with Crippen LogP contribution in [-0.4, -0.2) is 35.4 Å². The van der Waals surface area contributed by atoms with Crippen molar-refractivity contribution in [1.29, 1.82) is 0 Å². The minimum Gasteiger partial charge on any atom is -0.483 e. The summed E-state index contributed by atoms with van der Waals surface area (Å²) in [5, 5.41) is 3.22. The molecule has 178 valence electrons. The van der Waals surface area contributed by atoms with Crippen LogP contribution >= 0.6 is 0 Å². The third kappa shape index (κ3) is 7.08. The second kappa shape index (κ2) is 11.9. The molecule has 0 bridgehead atoms. The Hall–Kier alpha value is -2.82. The maximum Gasteiger partial charge on any atom is 0.261 e. The summed E-state index contributed by atoms with van der Waals surface area (Å²) >= 11 is 0. The Morgan fingerprint density at radius 3 is 2.45 bits per heavy atom. The van der Waals surface area contributed by atoms with Gasteiger partial charge in [0.2, 0.25) is 5.91 Å². The number of benzene rings is 2. The molecule has 0 heterocycles. The van der Waals surface area contributed by atoms with E-state index in [9.17, 15) is 9.59 Å². The SMILES string of the molecule is CCC(C(=O)NC1CCCCC1)N(Cc1cccc(C)c1)C(=O)COc1cc(C)ccc1C. The highest BCUT2D eigenvalue weighted by atomic mass is 16.5. The normalized spacial score (nSPS) is 15.0. The Labute approximate surface area is 198 Å². The van der Waals surface area contributed by atoms with E-state index in [0.29, 0.717) is 18.7 Å². The fraction of sp³-hybridized carbons (Fsp3) is 0.500. The van der Waals surface area contributed by atoms with Gasteiger partial charge in [-0.3, -0.25) is 9.59 Å². The van der Waals surface area contributed by atoms with E-state index in [2.05, 4.69) is 11.4 Å². The molecule has 0 aromatic heterocycles. The number of aryl methyl sites for hydroxylation is 3. The quantitative estimate of drug-likeness (QED) is 0.568. The molecule has 1 atom stereocenters. The molecule has 1 saturated carbocycles. The molecule has 3 rings (SSSR count). The van der Waals surface area contributed by atoms with Crippen LogP contribution in [0.3, 0.4) is 0 Å². The molecule has 5 nitrogen and oxygen atoms in total. The highest BCUT2D eigenvalue weighted by Crippen LogP contribution is 2.21. The molecule has 2 aromatic rings. The highest BCUT2D eigenvalue weighted by molar-refractivity contribution is 5.88. The van der Waals surface area contributed by atoms with Gasteiger partial charge in [-0.1, -0.05) is 68.1 Å². The monoisotopic (exact) mass is 450 g/mol. The van der Waals surface area contributed by atoms with Gasteiger partial charge in [0.1, 0.15) is 11.8 Å². The predicted molar refractivity (Wildman–Crippen MR) is 132 cm³/mol. The Morgan fingerprint density at radius 2 is 1.76 bits per heavy atom. The molecule has 1 aliphatic carbocycles. The van der Waals surface area contributed by atoms with Crippen molar-refractivity contribution in [3.63, 3.8) is 0 Å². The van der Waals surface area contributed by atoms with Gasteiger partial charge in [0, 0.05) is 12.6 Å². The number of hydrogen-bond acceptors (Lipinski definition) is 3. The first kappa shape index (κ1) is 24.8. The minimum absolute atomic E-state index is 0.0582. The number of carbonyl (C=O) groups excluding carboxylic acids is 2. The van der Waals surface area contributed by atoms with Crippen molar-refractivity contribution in [2.24, 2.45) is 0 Å². The molecule has 5 heteroatoms. The summed E-state index contributed by atoms with van der Waals surface area (Å²) in [5.74, 6) is 0.471. The van der Waals surface area contributed by atoms with E-state index in [0.717, 1.165) is 47.9 Å². The standard InChI is InChI=1S/C28H38N2O3/c1-5-25(28(32)29-24-12-7-6-8-13-24)30(18-23-11-9-10-20(2)16-23)27(31)19-33-26-17-21(3)14-15-22(26)4/h9-11,14-17,24-25H,5-8,12-13,18-19H2,1-4H3,(H,29,32). The summed E-state index contributed by atoms with van der Waals surface area (Å²) < 4.78 is 5.92. The van der Waals surface area contributed by atoms with Gasteiger partial charge in [0.15, 0.2) is 6.61 Å². The Kier molecular flexibility index (Phi) is 8.93. The van der Waals surface area contributed by atoms with Gasteiger partial charge in [0.25, 0.3) is 5.91 Å². The molecule has 1 fully saturated rings. The van der Waals surface area contributed by atoms with Crippen molar-refractivity contribution in [1.82, 2.24) is 10.2 Å². The van der Waals surface area contributed by atoms with Gasteiger partial charge in [0.05, 0.1) is 0 Å². The van der Waals surface area contributed by atoms with Crippen LogP contribution in [0.15, 0.2) is 42.5 Å². The van der Waals surface area contributed by atoms with Crippen molar-refractivity contribution < 1.29 is 14.3 Å². The Bertz CT molecular complexity index is 950. The third-order valence-corrected chi connectivity index (χ3v) is 6.47. The molecule has 1 N–H and O–H groups in total. The van der Waals surface area contributed by atoms with Crippen LogP contribution in [0.25, 0.3) is 0 Å². The summed E-state index contributed by atoms with van der Waals surface area (Å²) in [6, 6.07) is 13.7. The molecule has 1 unspecified atom stereocenters. The number of nitrogens with zero attached hydrogens (tertiary/aromatic N) is 1. The van der Waals surface area contributed by atoms with Crippen molar-refractivity contribution in [3.05, 3.63) is 64.7 Å². The highest BCUT2D eigenvalue weighted by Gasteiger charge is 2.30. The van der Waals surface area contributed by atoms with E-state index in [-0.39, 0.29) is 24.5 Å². The van der Waals surface area contributed by atoms with Gasteiger partial charge in [-0.15, -0.1) is 0 Å². The molecule has 1 aliphatic rings. The maximum atomic E-state index is 13.4. The van der Waals surface area contributed by atoms with Gasteiger partial charge in [-0.2, -0.15) is 0 Å². The number of ether oxygens (including phenoxy) is 1. The molecule has 2 amide bonds. The third-order valence-electron chi connectivity index (χ3n) is 6.47. The lowest BCUT2D eigenvalue weighted by Crippen LogP contribution is -2.52. The molecule has 0 radical (unpaired) electrons. The van der Waals surface area contributed by atoms with Crippen molar-refractivity contribution >= 4 is 11.8 Å². The van der Waals surface area contributed by atoms with Gasteiger partial charge in [-0.05, 0) is 62.8 Å². The molecule has 2 aromatic carbocycles. The summed E-state index contributed by atoms with van der Waals surface area (Å²) in [4.78, 5) is 28.4. The minimum atomic E-state index is -0.526. The first-order chi connectivity index (χ1) is 15.9. The Morgan fingerprint density at radius 1 is 1.03 bits per heavy atom. The van der Waals surface area contributed by atoms with E-state index >= 15 is 0 Å². The fourth-order valence-corrected chi connectivity index (χ4v) is 4.56.